The number of rotatable bonds is 5. The van der Waals surface area contributed by atoms with Gasteiger partial charge in [0.25, 0.3) is 0 Å². The number of aromatic nitrogens is 4. The van der Waals surface area contributed by atoms with Crippen molar-refractivity contribution in [3.63, 3.8) is 0 Å². The summed E-state index contributed by atoms with van der Waals surface area (Å²) in [6.45, 7) is 1.94. The smallest absolute Gasteiger partial charge is 0.230 e. The largest absolute Gasteiger partial charge is 0.399 e. The molecule has 0 fully saturated rings. The van der Waals surface area contributed by atoms with Crippen LogP contribution < -0.4 is 11.1 Å². The summed E-state index contributed by atoms with van der Waals surface area (Å²) in [7, 11) is 0. The number of nitrogens with one attached hydrogen (secondary N) is 1. The molecular weight excluding hydrogens is 420 g/mol. The number of nitrogens with zero attached hydrogens (tertiary/aromatic N) is 4. The van der Waals surface area contributed by atoms with Gasteiger partial charge in [0.15, 0.2) is 5.82 Å². The molecule has 0 saturated heterocycles. The van der Waals surface area contributed by atoms with E-state index in [2.05, 4.69) is 21.4 Å². The Balaban J connectivity index is 1.51. The maximum absolute atomic E-state index is 12.7. The number of nitrogen functional groups attached to an aromatic ring is 1. The summed E-state index contributed by atoms with van der Waals surface area (Å²) in [5, 5.41) is 7.60. The number of hydrogen-bond acceptors (Lipinski definition) is 6. The predicted molar refractivity (Wildman–Crippen MR) is 128 cm³/mol. The minimum Gasteiger partial charge on any atom is -0.399 e. The second kappa shape index (κ2) is 8.24. The molecule has 0 bridgehead atoms. The van der Waals surface area contributed by atoms with Crippen LogP contribution in [0.4, 0.5) is 11.4 Å². The summed E-state index contributed by atoms with van der Waals surface area (Å²) >= 11 is 1.59. The Morgan fingerprint density at radius 3 is 2.81 bits per heavy atom. The molecular formula is C24H20N6OS. The lowest BCUT2D eigenvalue weighted by atomic mass is 10.1. The summed E-state index contributed by atoms with van der Waals surface area (Å²) < 4.78 is 2.88. The normalized spacial score (nSPS) is 11.0. The monoisotopic (exact) mass is 440 g/mol. The molecule has 8 heteroatoms. The van der Waals surface area contributed by atoms with Crippen LogP contribution in [0.2, 0.25) is 0 Å². The minimum absolute atomic E-state index is 0.128. The topological polar surface area (TPSA) is 98.7 Å². The molecule has 0 saturated carbocycles. The molecule has 5 rings (SSSR count). The molecule has 0 spiro atoms. The van der Waals surface area contributed by atoms with Crippen LogP contribution in [0.15, 0.2) is 72.2 Å². The van der Waals surface area contributed by atoms with Crippen molar-refractivity contribution in [2.45, 2.75) is 13.3 Å². The lowest BCUT2D eigenvalue weighted by Gasteiger charge is -2.07. The van der Waals surface area contributed by atoms with Gasteiger partial charge < -0.3 is 11.1 Å². The Morgan fingerprint density at radius 1 is 1.09 bits per heavy atom. The highest BCUT2D eigenvalue weighted by molar-refractivity contribution is 7.16. The third-order valence-electron chi connectivity index (χ3n) is 4.99. The summed E-state index contributed by atoms with van der Waals surface area (Å²) in [4.78, 5) is 21.6. The van der Waals surface area contributed by atoms with E-state index in [-0.39, 0.29) is 12.3 Å². The molecule has 5 aromatic rings. The van der Waals surface area contributed by atoms with Crippen molar-refractivity contribution in [3.8, 4) is 17.1 Å². The van der Waals surface area contributed by atoms with E-state index in [0.29, 0.717) is 22.9 Å². The lowest BCUT2D eigenvalue weighted by molar-refractivity contribution is -0.115. The van der Waals surface area contributed by atoms with Crippen LogP contribution in [0.5, 0.6) is 0 Å². The maximum atomic E-state index is 12.7. The lowest BCUT2D eigenvalue weighted by Crippen LogP contribution is -2.15. The number of nitrogens with two attached hydrogens (primary N) is 1. The second-order valence-corrected chi connectivity index (χ2v) is 8.34. The van der Waals surface area contributed by atoms with Crippen molar-refractivity contribution < 1.29 is 4.79 Å². The number of pyridine rings is 1. The Bertz CT molecular complexity index is 1440. The first kappa shape index (κ1) is 19.9. The Kier molecular flexibility index (Phi) is 5.12. The van der Waals surface area contributed by atoms with Gasteiger partial charge in [-0.3, -0.25) is 4.79 Å². The first-order valence-corrected chi connectivity index (χ1v) is 10.9. The minimum atomic E-state index is -0.165. The highest BCUT2D eigenvalue weighted by atomic mass is 32.1. The maximum Gasteiger partial charge on any atom is 0.230 e. The average Bonchev–Trinajstić information content (AvgIpc) is 3.40. The van der Waals surface area contributed by atoms with Gasteiger partial charge in [0.05, 0.1) is 33.5 Å². The van der Waals surface area contributed by atoms with Gasteiger partial charge in [0.2, 0.25) is 5.91 Å². The molecule has 3 aromatic heterocycles. The number of thiazole rings is 1. The molecule has 7 nitrogen and oxygen atoms in total. The summed E-state index contributed by atoms with van der Waals surface area (Å²) in [5.74, 6) is 0.536. The van der Waals surface area contributed by atoms with Crippen LogP contribution in [0, 0.1) is 6.92 Å². The van der Waals surface area contributed by atoms with Crippen molar-refractivity contribution in [1.82, 2.24) is 19.7 Å². The summed E-state index contributed by atoms with van der Waals surface area (Å²) in [6.07, 6.45) is 0.128. The predicted octanol–water partition coefficient (Wildman–Crippen LogP) is 4.62. The van der Waals surface area contributed by atoms with E-state index in [1.807, 2.05) is 48.8 Å². The number of carbonyl (C=O) groups excluding carboxylic acids is 1. The van der Waals surface area contributed by atoms with E-state index in [4.69, 9.17) is 10.8 Å². The quantitative estimate of drug-likeness (QED) is 0.389. The molecule has 0 aliphatic heterocycles. The van der Waals surface area contributed by atoms with Crippen molar-refractivity contribution in [1.29, 1.82) is 0 Å². The van der Waals surface area contributed by atoms with Crippen LogP contribution in [-0.4, -0.2) is 25.7 Å². The third-order valence-corrected chi connectivity index (χ3v) is 5.78. The Labute approximate surface area is 188 Å². The molecule has 0 atom stereocenters. The van der Waals surface area contributed by atoms with Gasteiger partial charge in [0, 0.05) is 22.6 Å². The van der Waals surface area contributed by atoms with E-state index in [1.54, 1.807) is 40.3 Å². The fraction of sp³-hybridized carbons (Fsp3) is 0.0833. The summed E-state index contributed by atoms with van der Waals surface area (Å²) in [5.41, 5.74) is 13.2. The molecule has 0 aliphatic carbocycles. The highest BCUT2D eigenvalue weighted by Crippen LogP contribution is 2.28. The van der Waals surface area contributed by atoms with E-state index in [1.165, 1.54) is 0 Å². The van der Waals surface area contributed by atoms with E-state index in [9.17, 15) is 4.79 Å². The zero-order chi connectivity index (χ0) is 22.1. The Morgan fingerprint density at radius 2 is 1.97 bits per heavy atom. The molecule has 0 unspecified atom stereocenters. The standard InChI is InChI=1S/C24H20N6OS/c1-15-4-2-7-23(27-15)30-21(16-8-9-20-22(10-16)32-14-26-20)12-19(29-30)13-24(31)28-18-6-3-5-17(25)11-18/h2-12,14H,13,25H2,1H3,(H,28,31). The van der Waals surface area contributed by atoms with Crippen molar-refractivity contribution in [2.75, 3.05) is 11.1 Å². The van der Waals surface area contributed by atoms with Gasteiger partial charge in [-0.2, -0.15) is 5.10 Å². The zero-order valence-electron chi connectivity index (χ0n) is 17.3. The number of aryl methyl sites for hydroxylation is 1. The zero-order valence-corrected chi connectivity index (χ0v) is 18.1. The number of fused-ring (bicyclic) bond motifs is 1. The molecule has 3 N–H and O–H groups in total. The number of carbonyl (C=O) groups is 1. The van der Waals surface area contributed by atoms with E-state index < -0.39 is 0 Å². The third kappa shape index (κ3) is 4.08. The Hall–Kier alpha value is -4.04. The SMILES string of the molecule is Cc1cccc(-n2nc(CC(=O)Nc3cccc(N)c3)cc2-c2ccc3ncsc3c2)n1. The molecule has 0 radical (unpaired) electrons. The van der Waals surface area contributed by atoms with E-state index in [0.717, 1.165) is 27.2 Å². The van der Waals surface area contributed by atoms with Crippen molar-refractivity contribution in [3.05, 3.63) is 83.6 Å². The molecule has 2 aromatic carbocycles. The molecule has 32 heavy (non-hydrogen) atoms. The highest BCUT2D eigenvalue weighted by Gasteiger charge is 2.16. The van der Waals surface area contributed by atoms with Crippen molar-refractivity contribution in [2.24, 2.45) is 0 Å². The average molecular weight is 441 g/mol. The van der Waals surface area contributed by atoms with Gasteiger partial charge >= 0.3 is 0 Å². The van der Waals surface area contributed by atoms with Gasteiger partial charge in [-0.1, -0.05) is 18.2 Å². The number of anilines is 2. The van der Waals surface area contributed by atoms with Crippen LogP contribution in [0.1, 0.15) is 11.4 Å². The van der Waals surface area contributed by atoms with Gasteiger partial charge in [-0.25, -0.2) is 14.6 Å². The van der Waals surface area contributed by atoms with Crippen LogP contribution >= 0.6 is 11.3 Å². The summed E-state index contributed by atoms with van der Waals surface area (Å²) in [6, 6.07) is 20.9. The van der Waals surface area contributed by atoms with Crippen LogP contribution in [0.3, 0.4) is 0 Å². The first-order valence-electron chi connectivity index (χ1n) is 10.1. The molecule has 158 valence electrons. The number of hydrogen-bond donors (Lipinski definition) is 2. The number of benzene rings is 2. The van der Waals surface area contributed by atoms with Crippen LogP contribution in [0.25, 0.3) is 27.3 Å². The number of amides is 1. The fourth-order valence-electron chi connectivity index (χ4n) is 3.54. The molecule has 0 aliphatic rings. The molecule has 1 amide bonds. The first-order chi connectivity index (χ1) is 15.5. The van der Waals surface area contributed by atoms with Crippen LogP contribution in [-0.2, 0) is 11.2 Å². The van der Waals surface area contributed by atoms with Gasteiger partial charge in [-0.15, -0.1) is 11.3 Å². The second-order valence-electron chi connectivity index (χ2n) is 7.46. The molecule has 3 heterocycles. The van der Waals surface area contributed by atoms with Crippen molar-refractivity contribution >= 4 is 38.8 Å². The van der Waals surface area contributed by atoms with Gasteiger partial charge in [0.1, 0.15) is 0 Å². The van der Waals surface area contributed by atoms with E-state index >= 15 is 0 Å². The fourth-order valence-corrected chi connectivity index (χ4v) is 4.26. The van der Waals surface area contributed by atoms with Gasteiger partial charge in [-0.05, 0) is 55.5 Å².